The number of hydrogen-bond donors (Lipinski definition) is 1. The number of amides is 1. The van der Waals surface area contributed by atoms with Gasteiger partial charge in [-0.05, 0) is 37.6 Å². The molecule has 0 spiro atoms. The Morgan fingerprint density at radius 3 is 3.00 bits per heavy atom. The highest BCUT2D eigenvalue weighted by Crippen LogP contribution is 2.34. The first-order valence-electron chi connectivity index (χ1n) is 6.48. The summed E-state index contributed by atoms with van der Waals surface area (Å²) in [5, 5.41) is 0. The lowest BCUT2D eigenvalue weighted by Crippen LogP contribution is -2.46. The number of nitrogens with two attached hydrogens (primary N) is 1. The molecule has 0 aromatic heterocycles. The van der Waals surface area contributed by atoms with Crippen LogP contribution in [0.2, 0.25) is 0 Å². The number of benzene rings is 1. The van der Waals surface area contributed by atoms with E-state index in [-0.39, 0.29) is 12.1 Å². The van der Waals surface area contributed by atoms with E-state index < -0.39 is 0 Å². The summed E-state index contributed by atoms with van der Waals surface area (Å²) in [6.45, 7) is 2.98. The standard InChI is InChI=1S/C14H20N2O3/c1-10-3-4-13(18-2)12(9-10)16-11(5-7-15)6-8-19-14(16)17/h3-4,9,11H,5-8,15H2,1-2H3. The van der Waals surface area contributed by atoms with Crippen molar-refractivity contribution in [1.82, 2.24) is 0 Å². The average molecular weight is 264 g/mol. The first kappa shape index (κ1) is 13.7. The number of rotatable bonds is 4. The highest BCUT2D eigenvalue weighted by molar-refractivity contribution is 5.91. The summed E-state index contributed by atoms with van der Waals surface area (Å²) in [7, 11) is 1.60. The number of anilines is 1. The van der Waals surface area contributed by atoms with Gasteiger partial charge in [0.15, 0.2) is 0 Å². The van der Waals surface area contributed by atoms with Gasteiger partial charge in [0.1, 0.15) is 5.75 Å². The summed E-state index contributed by atoms with van der Waals surface area (Å²) in [5.74, 6) is 0.673. The van der Waals surface area contributed by atoms with Crippen molar-refractivity contribution < 1.29 is 14.3 Å². The topological polar surface area (TPSA) is 64.8 Å². The van der Waals surface area contributed by atoms with Gasteiger partial charge >= 0.3 is 6.09 Å². The Bertz CT molecular complexity index is 460. The highest BCUT2D eigenvalue weighted by atomic mass is 16.6. The molecule has 5 heteroatoms. The van der Waals surface area contributed by atoms with Crippen LogP contribution in [0.1, 0.15) is 18.4 Å². The van der Waals surface area contributed by atoms with E-state index in [0.717, 1.165) is 24.1 Å². The Labute approximate surface area is 113 Å². The Kier molecular flexibility index (Phi) is 4.27. The van der Waals surface area contributed by atoms with Crippen molar-refractivity contribution in [2.24, 2.45) is 5.73 Å². The van der Waals surface area contributed by atoms with E-state index in [1.54, 1.807) is 12.0 Å². The maximum Gasteiger partial charge on any atom is 0.414 e. The highest BCUT2D eigenvalue weighted by Gasteiger charge is 2.32. The number of cyclic esters (lactones) is 1. The average Bonchev–Trinajstić information content (AvgIpc) is 2.39. The molecule has 0 saturated carbocycles. The van der Waals surface area contributed by atoms with E-state index in [1.165, 1.54) is 0 Å². The number of methoxy groups -OCH3 is 1. The zero-order valence-corrected chi connectivity index (χ0v) is 11.4. The van der Waals surface area contributed by atoms with Gasteiger partial charge in [0.05, 0.1) is 19.4 Å². The van der Waals surface area contributed by atoms with Crippen LogP contribution < -0.4 is 15.4 Å². The molecule has 104 valence electrons. The molecule has 2 N–H and O–H groups in total. The van der Waals surface area contributed by atoms with Gasteiger partial charge in [-0.3, -0.25) is 4.90 Å². The van der Waals surface area contributed by atoms with E-state index in [1.807, 2.05) is 25.1 Å². The normalized spacial score (nSPS) is 19.2. The lowest BCUT2D eigenvalue weighted by molar-refractivity contribution is 0.128. The molecule has 2 rings (SSSR count). The Hall–Kier alpha value is -1.75. The Balaban J connectivity index is 2.40. The lowest BCUT2D eigenvalue weighted by atomic mass is 10.1. The number of carbonyl (C=O) groups is 1. The number of hydrogen-bond acceptors (Lipinski definition) is 4. The second-order valence-electron chi connectivity index (χ2n) is 4.68. The molecule has 1 saturated heterocycles. The molecule has 1 aliphatic rings. The number of ether oxygens (including phenoxy) is 2. The van der Waals surface area contributed by atoms with E-state index in [4.69, 9.17) is 15.2 Å². The van der Waals surface area contributed by atoms with Crippen LogP contribution >= 0.6 is 0 Å². The van der Waals surface area contributed by atoms with Crippen LogP contribution in [0.4, 0.5) is 10.5 Å². The van der Waals surface area contributed by atoms with Crippen LogP contribution in [0.25, 0.3) is 0 Å². The molecule has 0 aliphatic carbocycles. The molecular formula is C14H20N2O3. The minimum Gasteiger partial charge on any atom is -0.495 e. The molecule has 1 heterocycles. The summed E-state index contributed by atoms with van der Waals surface area (Å²) in [6.07, 6.45) is 1.22. The van der Waals surface area contributed by atoms with Crippen molar-refractivity contribution in [1.29, 1.82) is 0 Å². The maximum atomic E-state index is 12.1. The minimum absolute atomic E-state index is 0.0712. The number of aryl methyl sites for hydroxylation is 1. The monoisotopic (exact) mass is 264 g/mol. The second-order valence-corrected chi connectivity index (χ2v) is 4.68. The summed E-state index contributed by atoms with van der Waals surface area (Å²) >= 11 is 0. The largest absolute Gasteiger partial charge is 0.495 e. The number of nitrogens with zero attached hydrogens (tertiary/aromatic N) is 1. The molecule has 0 bridgehead atoms. The van der Waals surface area contributed by atoms with E-state index in [0.29, 0.717) is 18.9 Å². The minimum atomic E-state index is -0.325. The SMILES string of the molecule is COc1ccc(C)cc1N1C(=O)OCCC1CCN. The lowest BCUT2D eigenvalue weighted by Gasteiger charge is -2.35. The molecule has 19 heavy (non-hydrogen) atoms. The summed E-state index contributed by atoms with van der Waals surface area (Å²) in [6, 6.07) is 5.83. The van der Waals surface area contributed by atoms with E-state index in [2.05, 4.69) is 0 Å². The fraction of sp³-hybridized carbons (Fsp3) is 0.500. The summed E-state index contributed by atoms with van der Waals surface area (Å²) < 4.78 is 10.5. The zero-order valence-electron chi connectivity index (χ0n) is 11.4. The van der Waals surface area contributed by atoms with Gasteiger partial charge in [0, 0.05) is 12.5 Å². The smallest absolute Gasteiger partial charge is 0.414 e. The quantitative estimate of drug-likeness (QED) is 0.904. The second kappa shape index (κ2) is 5.93. The Morgan fingerprint density at radius 2 is 2.32 bits per heavy atom. The fourth-order valence-electron chi connectivity index (χ4n) is 2.38. The van der Waals surface area contributed by atoms with Crippen molar-refractivity contribution in [3.8, 4) is 5.75 Å². The summed E-state index contributed by atoms with van der Waals surface area (Å²) in [5.41, 5.74) is 7.46. The van der Waals surface area contributed by atoms with Crippen LogP contribution in [0.3, 0.4) is 0 Å². The third-order valence-electron chi connectivity index (χ3n) is 3.33. The zero-order chi connectivity index (χ0) is 13.8. The van der Waals surface area contributed by atoms with E-state index in [9.17, 15) is 4.79 Å². The molecule has 1 fully saturated rings. The first-order valence-corrected chi connectivity index (χ1v) is 6.48. The van der Waals surface area contributed by atoms with Gasteiger partial charge in [0.25, 0.3) is 0 Å². The van der Waals surface area contributed by atoms with Crippen molar-refractivity contribution in [2.75, 3.05) is 25.2 Å². The van der Waals surface area contributed by atoms with Gasteiger partial charge in [-0.25, -0.2) is 4.79 Å². The van der Waals surface area contributed by atoms with Crippen LogP contribution in [-0.4, -0.2) is 32.4 Å². The predicted molar refractivity (Wildman–Crippen MR) is 73.6 cm³/mol. The van der Waals surface area contributed by atoms with Crippen LogP contribution in [0.5, 0.6) is 5.75 Å². The molecule has 0 radical (unpaired) electrons. The van der Waals surface area contributed by atoms with Crippen molar-refractivity contribution in [2.45, 2.75) is 25.8 Å². The third-order valence-corrected chi connectivity index (χ3v) is 3.33. The van der Waals surface area contributed by atoms with Crippen molar-refractivity contribution in [3.05, 3.63) is 23.8 Å². The predicted octanol–water partition coefficient (Wildman–Crippen LogP) is 2.07. The third kappa shape index (κ3) is 2.81. The van der Waals surface area contributed by atoms with Gasteiger partial charge in [0.2, 0.25) is 0 Å². The van der Waals surface area contributed by atoms with Gasteiger partial charge in [-0.1, -0.05) is 6.07 Å². The van der Waals surface area contributed by atoms with E-state index >= 15 is 0 Å². The van der Waals surface area contributed by atoms with Gasteiger partial charge in [-0.15, -0.1) is 0 Å². The number of carbonyl (C=O) groups excluding carboxylic acids is 1. The molecule has 1 aromatic carbocycles. The van der Waals surface area contributed by atoms with Crippen LogP contribution in [-0.2, 0) is 4.74 Å². The van der Waals surface area contributed by atoms with Crippen LogP contribution in [0.15, 0.2) is 18.2 Å². The van der Waals surface area contributed by atoms with Crippen LogP contribution in [0, 0.1) is 6.92 Å². The molecule has 1 amide bonds. The van der Waals surface area contributed by atoms with Gasteiger partial charge in [-0.2, -0.15) is 0 Å². The molecule has 1 unspecified atom stereocenters. The Morgan fingerprint density at radius 1 is 1.53 bits per heavy atom. The maximum absolute atomic E-state index is 12.1. The molecule has 1 aliphatic heterocycles. The van der Waals surface area contributed by atoms with Crippen molar-refractivity contribution in [3.63, 3.8) is 0 Å². The first-order chi connectivity index (χ1) is 9.17. The molecule has 1 atom stereocenters. The molecule has 1 aromatic rings. The van der Waals surface area contributed by atoms with Gasteiger partial charge < -0.3 is 15.2 Å². The summed E-state index contributed by atoms with van der Waals surface area (Å²) in [4.78, 5) is 13.7. The molecule has 5 nitrogen and oxygen atoms in total. The van der Waals surface area contributed by atoms with Crippen molar-refractivity contribution >= 4 is 11.8 Å². The fourth-order valence-corrected chi connectivity index (χ4v) is 2.38. The molecular weight excluding hydrogens is 244 g/mol.